The van der Waals surface area contributed by atoms with E-state index in [4.69, 9.17) is 11.6 Å². The van der Waals surface area contributed by atoms with Crippen molar-refractivity contribution in [1.82, 2.24) is 4.98 Å². The lowest BCUT2D eigenvalue weighted by atomic mass is 10.1. The highest BCUT2D eigenvalue weighted by molar-refractivity contribution is 7.99. The van der Waals surface area contributed by atoms with E-state index in [9.17, 15) is 5.11 Å². The number of aliphatic hydroxyl groups is 1. The monoisotopic (exact) mass is 265 g/mol. The Bertz CT molecular complexity index is 513. The predicted octanol–water partition coefficient (Wildman–Crippen LogP) is 3.69. The van der Waals surface area contributed by atoms with Gasteiger partial charge in [-0.15, -0.1) is 0 Å². The number of benzene rings is 1. The second-order valence-corrected chi connectivity index (χ2v) is 5.18. The van der Waals surface area contributed by atoms with Crippen LogP contribution < -0.4 is 0 Å². The van der Waals surface area contributed by atoms with E-state index in [2.05, 4.69) is 4.98 Å². The summed E-state index contributed by atoms with van der Waals surface area (Å²) in [4.78, 5) is 5.24. The molecule has 0 aliphatic carbocycles. The fraction of sp³-hybridized carbons (Fsp3) is 0.154. The van der Waals surface area contributed by atoms with Gasteiger partial charge in [-0.05, 0) is 30.7 Å². The second kappa shape index (κ2) is 5.54. The minimum Gasteiger partial charge on any atom is -0.392 e. The van der Waals surface area contributed by atoms with Crippen LogP contribution in [0.25, 0.3) is 0 Å². The number of aryl methyl sites for hydroxylation is 1. The number of hydrogen-bond acceptors (Lipinski definition) is 3. The zero-order valence-electron chi connectivity index (χ0n) is 9.35. The van der Waals surface area contributed by atoms with Crippen LogP contribution in [-0.4, -0.2) is 10.1 Å². The Balaban J connectivity index is 2.26. The molecule has 0 unspecified atom stereocenters. The van der Waals surface area contributed by atoms with Gasteiger partial charge in [-0.2, -0.15) is 0 Å². The van der Waals surface area contributed by atoms with Crippen molar-refractivity contribution in [2.75, 3.05) is 0 Å². The molecule has 1 aromatic heterocycles. The van der Waals surface area contributed by atoms with Crippen molar-refractivity contribution in [3.05, 3.63) is 52.7 Å². The first-order valence-corrected chi connectivity index (χ1v) is 6.38. The van der Waals surface area contributed by atoms with Gasteiger partial charge in [0.2, 0.25) is 0 Å². The van der Waals surface area contributed by atoms with Crippen molar-refractivity contribution in [1.29, 1.82) is 0 Å². The minimum absolute atomic E-state index is 0.0393. The van der Waals surface area contributed by atoms with Crippen molar-refractivity contribution in [2.24, 2.45) is 0 Å². The Morgan fingerprint density at radius 1 is 1.29 bits per heavy atom. The SMILES string of the molecule is Cc1ccc(Sc2ccc(Cl)cn2)c(CO)c1. The third-order valence-electron chi connectivity index (χ3n) is 2.30. The molecule has 1 heterocycles. The first-order valence-electron chi connectivity index (χ1n) is 5.19. The zero-order valence-corrected chi connectivity index (χ0v) is 10.9. The number of hydrogen-bond donors (Lipinski definition) is 1. The van der Waals surface area contributed by atoms with Gasteiger partial charge in [0.05, 0.1) is 11.6 Å². The molecule has 4 heteroatoms. The molecule has 0 bridgehead atoms. The van der Waals surface area contributed by atoms with E-state index in [1.54, 1.807) is 6.20 Å². The van der Waals surface area contributed by atoms with E-state index >= 15 is 0 Å². The van der Waals surface area contributed by atoms with Gasteiger partial charge in [0.1, 0.15) is 5.03 Å². The molecule has 2 nitrogen and oxygen atoms in total. The van der Waals surface area contributed by atoms with Gasteiger partial charge in [0.15, 0.2) is 0 Å². The number of halogens is 1. The van der Waals surface area contributed by atoms with Crippen molar-refractivity contribution in [3.8, 4) is 0 Å². The van der Waals surface area contributed by atoms with Crippen LogP contribution in [0.4, 0.5) is 0 Å². The standard InChI is InChI=1S/C13H12ClNOS/c1-9-2-4-12(10(6-9)8-16)17-13-5-3-11(14)7-15-13/h2-7,16H,8H2,1H3. The summed E-state index contributed by atoms with van der Waals surface area (Å²) in [6.07, 6.45) is 1.62. The molecule has 0 aliphatic heterocycles. The number of aliphatic hydroxyl groups excluding tert-OH is 1. The molecule has 0 aliphatic rings. The molecule has 1 aromatic carbocycles. The van der Waals surface area contributed by atoms with Gasteiger partial charge in [0.25, 0.3) is 0 Å². The summed E-state index contributed by atoms with van der Waals surface area (Å²) >= 11 is 7.31. The van der Waals surface area contributed by atoms with Gasteiger partial charge in [-0.1, -0.05) is 41.1 Å². The molecule has 17 heavy (non-hydrogen) atoms. The fourth-order valence-electron chi connectivity index (χ4n) is 1.47. The highest BCUT2D eigenvalue weighted by Crippen LogP contribution is 2.30. The summed E-state index contributed by atoms with van der Waals surface area (Å²) in [5.74, 6) is 0. The Hall–Kier alpha value is -1.03. The van der Waals surface area contributed by atoms with Crippen LogP contribution in [0.2, 0.25) is 5.02 Å². The second-order valence-electron chi connectivity index (χ2n) is 3.69. The van der Waals surface area contributed by atoms with Gasteiger partial charge >= 0.3 is 0 Å². The summed E-state index contributed by atoms with van der Waals surface area (Å²) in [7, 11) is 0. The van der Waals surface area contributed by atoms with E-state index in [1.807, 2.05) is 37.3 Å². The zero-order chi connectivity index (χ0) is 12.3. The molecule has 2 aromatic rings. The topological polar surface area (TPSA) is 33.1 Å². The predicted molar refractivity (Wildman–Crippen MR) is 70.5 cm³/mol. The van der Waals surface area contributed by atoms with Gasteiger partial charge in [0, 0.05) is 11.1 Å². The summed E-state index contributed by atoms with van der Waals surface area (Å²) in [6, 6.07) is 9.69. The average Bonchev–Trinajstić information content (AvgIpc) is 2.34. The van der Waals surface area contributed by atoms with Gasteiger partial charge < -0.3 is 5.11 Å². The molecule has 1 N–H and O–H groups in total. The summed E-state index contributed by atoms with van der Waals surface area (Å²) in [5.41, 5.74) is 2.06. The van der Waals surface area contributed by atoms with Crippen LogP contribution in [0.1, 0.15) is 11.1 Å². The minimum atomic E-state index is 0.0393. The molecule has 2 rings (SSSR count). The molecule has 0 saturated heterocycles. The Morgan fingerprint density at radius 3 is 2.76 bits per heavy atom. The van der Waals surface area contributed by atoms with E-state index in [0.29, 0.717) is 5.02 Å². The van der Waals surface area contributed by atoms with Crippen molar-refractivity contribution < 1.29 is 5.11 Å². The third kappa shape index (κ3) is 3.22. The maximum Gasteiger partial charge on any atom is 0.101 e. The molecule has 0 atom stereocenters. The third-order valence-corrected chi connectivity index (χ3v) is 3.59. The molecule has 0 spiro atoms. The van der Waals surface area contributed by atoms with E-state index in [-0.39, 0.29) is 6.61 Å². The summed E-state index contributed by atoms with van der Waals surface area (Å²) in [6.45, 7) is 2.05. The normalized spacial score (nSPS) is 10.5. The lowest BCUT2D eigenvalue weighted by Gasteiger charge is -2.07. The number of rotatable bonds is 3. The first kappa shape index (κ1) is 12.4. The van der Waals surface area contributed by atoms with Crippen LogP contribution in [0.5, 0.6) is 0 Å². The number of nitrogens with zero attached hydrogens (tertiary/aromatic N) is 1. The maximum absolute atomic E-state index is 9.31. The van der Waals surface area contributed by atoms with Crippen LogP contribution >= 0.6 is 23.4 Å². The molecule has 0 amide bonds. The van der Waals surface area contributed by atoms with E-state index in [0.717, 1.165) is 21.0 Å². The van der Waals surface area contributed by atoms with E-state index in [1.165, 1.54) is 11.8 Å². The van der Waals surface area contributed by atoms with Crippen LogP contribution in [-0.2, 0) is 6.61 Å². The Labute approximate surface area is 110 Å². The smallest absolute Gasteiger partial charge is 0.101 e. The highest BCUT2D eigenvalue weighted by atomic mass is 35.5. The number of aromatic nitrogens is 1. The summed E-state index contributed by atoms with van der Waals surface area (Å²) < 4.78 is 0. The lowest BCUT2D eigenvalue weighted by Crippen LogP contribution is -1.89. The molecule has 88 valence electrons. The fourth-order valence-corrected chi connectivity index (χ4v) is 2.44. The van der Waals surface area contributed by atoms with Crippen LogP contribution in [0, 0.1) is 6.92 Å². The van der Waals surface area contributed by atoms with E-state index < -0.39 is 0 Å². The highest BCUT2D eigenvalue weighted by Gasteiger charge is 2.05. The van der Waals surface area contributed by atoms with Crippen molar-refractivity contribution >= 4 is 23.4 Å². The largest absolute Gasteiger partial charge is 0.392 e. The number of pyridine rings is 1. The molecule has 0 radical (unpaired) electrons. The average molecular weight is 266 g/mol. The lowest BCUT2D eigenvalue weighted by molar-refractivity contribution is 0.279. The van der Waals surface area contributed by atoms with Crippen molar-refractivity contribution in [2.45, 2.75) is 23.5 Å². The molecular formula is C13H12ClNOS. The molecule has 0 fully saturated rings. The molecule has 0 saturated carbocycles. The maximum atomic E-state index is 9.31. The van der Waals surface area contributed by atoms with Crippen LogP contribution in [0.3, 0.4) is 0 Å². The molecular weight excluding hydrogens is 254 g/mol. The Morgan fingerprint density at radius 2 is 2.12 bits per heavy atom. The Kier molecular flexibility index (Phi) is 4.05. The van der Waals surface area contributed by atoms with Crippen LogP contribution in [0.15, 0.2) is 46.5 Å². The summed E-state index contributed by atoms with van der Waals surface area (Å²) in [5, 5.41) is 10.8. The first-order chi connectivity index (χ1) is 8.19. The quantitative estimate of drug-likeness (QED) is 0.919. The van der Waals surface area contributed by atoms with Gasteiger partial charge in [-0.3, -0.25) is 0 Å². The van der Waals surface area contributed by atoms with Crippen molar-refractivity contribution in [3.63, 3.8) is 0 Å². The van der Waals surface area contributed by atoms with Gasteiger partial charge in [-0.25, -0.2) is 4.98 Å².